The number of fused-ring (bicyclic) bond motifs is 2. The standard InChI is InChI=1S/C28H25BF2N4/c1-17-5-13-23(32-17)27(24-14-6-18(2)33-24)21-9-11-22(12-10-21)28-25-15-7-19(3)34(25)29(30,31)35-20(4)8-16-26(28)35/h5-16,32H,1-4H3/b27-24+. The average Bonchev–Trinajstić information content (AvgIpc) is 3.60. The highest BCUT2D eigenvalue weighted by Crippen LogP contribution is 2.41. The number of hydrogen-bond acceptors (Lipinski definition) is 1. The third-order valence-corrected chi connectivity index (χ3v) is 6.98. The van der Waals surface area contributed by atoms with E-state index >= 15 is 8.63 Å². The maximum absolute atomic E-state index is 15.6. The molecule has 0 saturated heterocycles. The lowest BCUT2D eigenvalue weighted by Gasteiger charge is -2.33. The number of nitrogens with zero attached hydrogens (tertiary/aromatic N) is 3. The van der Waals surface area contributed by atoms with E-state index in [1.807, 2.05) is 44.2 Å². The van der Waals surface area contributed by atoms with Gasteiger partial charge in [-0.1, -0.05) is 24.3 Å². The average molecular weight is 466 g/mol. The first-order chi connectivity index (χ1) is 16.8. The molecule has 1 aromatic carbocycles. The van der Waals surface area contributed by atoms with Crippen LogP contribution in [0.5, 0.6) is 0 Å². The van der Waals surface area contributed by atoms with E-state index in [4.69, 9.17) is 4.99 Å². The summed E-state index contributed by atoms with van der Waals surface area (Å²) in [5, 5.41) is 0. The molecule has 35 heavy (non-hydrogen) atoms. The number of aryl methyl sites for hydroxylation is 2. The predicted molar refractivity (Wildman–Crippen MR) is 139 cm³/mol. The summed E-state index contributed by atoms with van der Waals surface area (Å²) in [7, 11) is 0. The molecule has 3 aromatic rings. The van der Waals surface area contributed by atoms with Crippen LogP contribution in [-0.2, 0) is 0 Å². The highest BCUT2D eigenvalue weighted by Gasteiger charge is 2.53. The summed E-state index contributed by atoms with van der Waals surface area (Å²) in [5.74, 6) is 0. The summed E-state index contributed by atoms with van der Waals surface area (Å²) >= 11 is 0. The van der Waals surface area contributed by atoms with Crippen LogP contribution in [0.25, 0.3) is 11.1 Å². The number of H-pyrrole nitrogens is 1. The van der Waals surface area contributed by atoms with Gasteiger partial charge in [-0.3, -0.25) is 4.99 Å². The Bertz CT molecular complexity index is 1590. The van der Waals surface area contributed by atoms with Gasteiger partial charge in [0.2, 0.25) is 0 Å². The van der Waals surface area contributed by atoms with Crippen LogP contribution < -0.4 is 0 Å². The molecule has 5 heterocycles. The van der Waals surface area contributed by atoms with E-state index in [9.17, 15) is 0 Å². The largest absolute Gasteiger partial charge is 0.737 e. The molecule has 0 radical (unpaired) electrons. The van der Waals surface area contributed by atoms with E-state index in [1.54, 1.807) is 38.1 Å². The lowest BCUT2D eigenvalue weighted by atomic mass is 9.85. The van der Waals surface area contributed by atoms with Crippen LogP contribution in [0.3, 0.4) is 0 Å². The number of aliphatic imine (C=N–C) groups is 1. The van der Waals surface area contributed by atoms with Crippen LogP contribution in [0.15, 0.2) is 89.2 Å². The maximum Gasteiger partial charge on any atom is 0.737 e. The number of allylic oxidation sites excluding steroid dienone is 4. The molecule has 0 amide bonds. The summed E-state index contributed by atoms with van der Waals surface area (Å²) in [4.78, 5) is 8.15. The van der Waals surface area contributed by atoms with Crippen LogP contribution in [0, 0.1) is 13.8 Å². The molecule has 6 rings (SSSR count). The van der Waals surface area contributed by atoms with E-state index < -0.39 is 6.97 Å². The van der Waals surface area contributed by atoms with Crippen molar-refractivity contribution in [2.24, 2.45) is 4.99 Å². The number of nitrogens with one attached hydrogen (secondary N) is 1. The van der Waals surface area contributed by atoms with Gasteiger partial charge in [0.05, 0.1) is 11.3 Å². The zero-order valence-corrected chi connectivity index (χ0v) is 20.1. The molecule has 3 aliphatic heterocycles. The predicted octanol–water partition coefficient (Wildman–Crippen LogP) is 6.26. The Morgan fingerprint density at radius 2 is 1.66 bits per heavy atom. The first kappa shape index (κ1) is 21.5. The van der Waals surface area contributed by atoms with Crippen LogP contribution in [0.1, 0.15) is 47.8 Å². The molecule has 0 atom stereocenters. The molecule has 0 saturated carbocycles. The summed E-state index contributed by atoms with van der Waals surface area (Å²) in [6, 6.07) is 15.8. The van der Waals surface area contributed by atoms with E-state index in [0.29, 0.717) is 22.8 Å². The Morgan fingerprint density at radius 1 is 0.886 bits per heavy atom. The van der Waals surface area contributed by atoms with E-state index in [1.165, 1.54) is 8.96 Å². The third-order valence-electron chi connectivity index (χ3n) is 6.98. The van der Waals surface area contributed by atoms with Gasteiger partial charge in [0.15, 0.2) is 5.70 Å². The molecule has 7 heteroatoms. The van der Waals surface area contributed by atoms with Gasteiger partial charge in [0.25, 0.3) is 0 Å². The van der Waals surface area contributed by atoms with Gasteiger partial charge in [0.1, 0.15) is 5.71 Å². The topological polar surface area (TPSA) is 36.1 Å². The minimum absolute atomic E-state index is 0.545. The van der Waals surface area contributed by atoms with Gasteiger partial charge in [-0.2, -0.15) is 0 Å². The second-order valence-corrected chi connectivity index (χ2v) is 9.40. The molecule has 1 N–H and O–H groups in total. The Kier molecular flexibility index (Phi) is 4.62. The SMILES string of the molecule is CC1=N/C(=C(\c2ccc(C3=C4C=CC(C)=[N+]4[B-](F)(F)n4c(C)ccc43)cc2)c2ccc(C)[nH]2)C=C1. The number of hydrogen-bond donors (Lipinski definition) is 1. The molecule has 3 aliphatic rings. The highest BCUT2D eigenvalue weighted by atomic mass is 19.2. The van der Waals surface area contributed by atoms with Crippen molar-refractivity contribution in [2.75, 3.05) is 0 Å². The van der Waals surface area contributed by atoms with Crippen LogP contribution >= 0.6 is 0 Å². The molecule has 0 bridgehead atoms. The van der Waals surface area contributed by atoms with Crippen LogP contribution in [-0.4, -0.2) is 32.3 Å². The third kappa shape index (κ3) is 3.18. The van der Waals surface area contributed by atoms with Crippen molar-refractivity contribution in [3.8, 4) is 0 Å². The first-order valence-corrected chi connectivity index (χ1v) is 11.8. The highest BCUT2D eigenvalue weighted by molar-refractivity contribution is 6.58. The Hall–Kier alpha value is -4.00. The number of halogens is 2. The zero-order valence-electron chi connectivity index (χ0n) is 20.1. The second kappa shape index (κ2) is 7.50. The van der Waals surface area contributed by atoms with Gasteiger partial charge in [-0.15, -0.1) is 0 Å². The zero-order chi connectivity index (χ0) is 24.5. The molecule has 0 unspecified atom stereocenters. The summed E-state index contributed by atoms with van der Waals surface area (Å²) < 4.78 is 33.5. The lowest BCUT2D eigenvalue weighted by Crippen LogP contribution is -2.51. The summed E-state index contributed by atoms with van der Waals surface area (Å²) in [5.41, 5.74) is 9.85. The van der Waals surface area contributed by atoms with Gasteiger partial charge in [-0.25, -0.2) is 0 Å². The number of benzene rings is 1. The van der Waals surface area contributed by atoms with Crippen LogP contribution in [0.2, 0.25) is 0 Å². The van der Waals surface area contributed by atoms with Gasteiger partial charge in [-0.05, 0) is 74.0 Å². The molecule has 4 nitrogen and oxygen atoms in total. The molecular formula is C28H25BF2N4. The first-order valence-electron chi connectivity index (χ1n) is 11.8. The Balaban J connectivity index is 1.52. The van der Waals surface area contributed by atoms with Crippen molar-refractivity contribution in [1.82, 2.24) is 9.46 Å². The molecule has 0 fully saturated rings. The number of rotatable bonds is 3. The fourth-order valence-electron chi connectivity index (χ4n) is 5.37. The number of aromatic nitrogens is 2. The second-order valence-electron chi connectivity index (χ2n) is 9.40. The minimum Gasteiger partial charge on any atom is -0.393 e. The van der Waals surface area contributed by atoms with Gasteiger partial charge < -0.3 is 22.6 Å². The van der Waals surface area contributed by atoms with E-state index in [0.717, 1.165) is 45.1 Å². The van der Waals surface area contributed by atoms with Crippen molar-refractivity contribution in [2.45, 2.75) is 27.7 Å². The number of aromatic amines is 1. The molecule has 2 aromatic heterocycles. The van der Waals surface area contributed by atoms with Crippen molar-refractivity contribution in [3.63, 3.8) is 0 Å². The van der Waals surface area contributed by atoms with Gasteiger partial charge in [0, 0.05) is 47.4 Å². The van der Waals surface area contributed by atoms with E-state index in [2.05, 4.69) is 23.2 Å². The van der Waals surface area contributed by atoms with Crippen molar-refractivity contribution >= 4 is 29.5 Å². The normalized spacial score (nSPS) is 19.4. The van der Waals surface area contributed by atoms with Crippen LogP contribution in [0.4, 0.5) is 8.63 Å². The minimum atomic E-state index is -3.95. The summed E-state index contributed by atoms with van der Waals surface area (Å²) in [6.45, 7) is 3.53. The summed E-state index contributed by atoms with van der Waals surface area (Å²) in [6.07, 6.45) is 7.60. The fraction of sp³-hybridized carbons (Fsp3) is 0.143. The quantitative estimate of drug-likeness (QED) is 0.443. The van der Waals surface area contributed by atoms with Crippen molar-refractivity contribution < 1.29 is 13.1 Å². The molecule has 0 spiro atoms. The molecule has 174 valence electrons. The smallest absolute Gasteiger partial charge is 0.393 e. The maximum atomic E-state index is 15.6. The Morgan fingerprint density at radius 3 is 2.31 bits per heavy atom. The lowest BCUT2D eigenvalue weighted by molar-refractivity contribution is -0.362. The van der Waals surface area contributed by atoms with E-state index in [-0.39, 0.29) is 0 Å². The Labute approximate surface area is 203 Å². The monoisotopic (exact) mass is 466 g/mol. The fourth-order valence-corrected chi connectivity index (χ4v) is 5.37. The van der Waals surface area contributed by atoms with Gasteiger partial charge >= 0.3 is 6.97 Å². The molecule has 0 aliphatic carbocycles. The van der Waals surface area contributed by atoms with Crippen molar-refractivity contribution in [1.29, 1.82) is 0 Å². The molecular weight excluding hydrogens is 441 g/mol. The van der Waals surface area contributed by atoms with Crippen molar-refractivity contribution in [3.05, 3.63) is 118 Å².